The van der Waals surface area contributed by atoms with Crippen LogP contribution in [0.2, 0.25) is 0 Å². The van der Waals surface area contributed by atoms with Crippen LogP contribution < -0.4 is 0 Å². The van der Waals surface area contributed by atoms with Gasteiger partial charge in [-0.05, 0) is 49.4 Å². The molecule has 0 aromatic heterocycles. The van der Waals surface area contributed by atoms with Gasteiger partial charge in [0.25, 0.3) is 0 Å². The van der Waals surface area contributed by atoms with Crippen LogP contribution in [0.3, 0.4) is 0 Å². The number of carbonyl (C=O) groups excluding carboxylic acids is 4. The minimum Gasteiger partial charge on any atom is -0.462 e. The quantitative estimate of drug-likeness (QED) is 0.0222. The van der Waals surface area contributed by atoms with E-state index in [-0.39, 0.29) is 25.7 Å². The number of phosphoric acid groups is 2. The summed E-state index contributed by atoms with van der Waals surface area (Å²) >= 11 is 0. The van der Waals surface area contributed by atoms with Crippen molar-refractivity contribution in [3.63, 3.8) is 0 Å². The molecule has 2 unspecified atom stereocenters. The molecule has 0 aromatic carbocycles. The van der Waals surface area contributed by atoms with E-state index < -0.39 is 97.5 Å². The number of unbranched alkanes of at least 4 members (excludes halogenated alkanes) is 47. The maximum Gasteiger partial charge on any atom is 0.472 e. The molecule has 0 radical (unpaired) electrons. The summed E-state index contributed by atoms with van der Waals surface area (Å²) in [7, 11) is -9.93. The van der Waals surface area contributed by atoms with E-state index in [2.05, 4.69) is 55.4 Å². The highest BCUT2D eigenvalue weighted by Crippen LogP contribution is 2.45. The van der Waals surface area contributed by atoms with Crippen molar-refractivity contribution in [3.8, 4) is 0 Å². The molecule has 0 aliphatic heterocycles. The minimum absolute atomic E-state index is 0.105. The molecule has 0 bridgehead atoms. The third-order valence-electron chi connectivity index (χ3n) is 19.6. The first-order valence-corrected chi connectivity index (χ1v) is 46.2. The first-order valence-electron chi connectivity index (χ1n) is 43.2. The molecule has 103 heavy (non-hydrogen) atoms. The van der Waals surface area contributed by atoms with Gasteiger partial charge in [0.05, 0.1) is 26.4 Å². The molecule has 0 aliphatic rings. The molecular formula is C84H164O17P2. The van der Waals surface area contributed by atoms with E-state index in [4.69, 9.17) is 37.0 Å². The van der Waals surface area contributed by atoms with Crippen molar-refractivity contribution in [1.82, 2.24) is 0 Å². The number of esters is 4. The monoisotopic (exact) mass is 1510 g/mol. The molecule has 5 atom stereocenters. The molecule has 0 aliphatic carbocycles. The van der Waals surface area contributed by atoms with E-state index in [9.17, 15) is 43.2 Å². The summed E-state index contributed by atoms with van der Waals surface area (Å²) in [5.41, 5.74) is 0. The number of ether oxygens (including phenoxy) is 4. The Balaban J connectivity index is 5.23. The number of phosphoric ester groups is 2. The number of hydrogen-bond donors (Lipinski definition) is 3. The van der Waals surface area contributed by atoms with Gasteiger partial charge in [0.2, 0.25) is 0 Å². The SMILES string of the molecule is CC(C)CCCCCCCCCCCCCCCCCCCCC(=O)O[C@H](COC(=O)CCCCCCCCCCCCCCCCCC(C)C)COP(=O)(O)OC[C@@H](O)COP(=O)(O)OC[C@@H](COC(=O)CCCCCCCCCCCC(C)C)OC(=O)CCCCCCCCCCCC(C)C. The van der Waals surface area contributed by atoms with Crippen molar-refractivity contribution in [3.05, 3.63) is 0 Å². The van der Waals surface area contributed by atoms with Gasteiger partial charge >= 0.3 is 39.5 Å². The molecule has 0 aromatic rings. The first-order chi connectivity index (χ1) is 49.6. The molecular weight excluding hydrogens is 1340 g/mol. The van der Waals surface area contributed by atoms with Crippen LogP contribution in [0.4, 0.5) is 0 Å². The predicted octanol–water partition coefficient (Wildman–Crippen LogP) is 25.2. The lowest BCUT2D eigenvalue weighted by atomic mass is 10.0. The normalized spacial score (nSPS) is 14.0. The van der Waals surface area contributed by atoms with Gasteiger partial charge in [0, 0.05) is 25.7 Å². The maximum atomic E-state index is 13.1. The topological polar surface area (TPSA) is 237 Å². The lowest BCUT2D eigenvalue weighted by molar-refractivity contribution is -0.161. The first kappa shape index (κ1) is 101. The molecule has 19 heteroatoms. The summed E-state index contributed by atoms with van der Waals surface area (Å²) in [6.07, 6.45) is 61.2. The molecule has 0 fully saturated rings. The van der Waals surface area contributed by atoms with Gasteiger partial charge in [-0.1, -0.05) is 383 Å². The van der Waals surface area contributed by atoms with Crippen molar-refractivity contribution < 1.29 is 80.2 Å². The molecule has 0 spiro atoms. The van der Waals surface area contributed by atoms with E-state index >= 15 is 0 Å². The van der Waals surface area contributed by atoms with Gasteiger partial charge in [-0.25, -0.2) is 9.13 Å². The van der Waals surface area contributed by atoms with Gasteiger partial charge in [-0.2, -0.15) is 0 Å². The summed E-state index contributed by atoms with van der Waals surface area (Å²) in [5, 5.41) is 10.7. The van der Waals surface area contributed by atoms with Crippen LogP contribution in [0.15, 0.2) is 0 Å². The van der Waals surface area contributed by atoms with E-state index in [0.717, 1.165) is 114 Å². The fourth-order valence-electron chi connectivity index (χ4n) is 13.0. The molecule has 0 amide bonds. The third kappa shape index (κ3) is 78.0. The minimum atomic E-state index is -4.97. The van der Waals surface area contributed by atoms with Gasteiger partial charge in [0.15, 0.2) is 12.2 Å². The largest absolute Gasteiger partial charge is 0.472 e. The summed E-state index contributed by atoms with van der Waals surface area (Å²) in [6, 6.07) is 0. The van der Waals surface area contributed by atoms with Crippen molar-refractivity contribution >= 4 is 39.5 Å². The summed E-state index contributed by atoms with van der Waals surface area (Å²) in [6.45, 7) is 14.3. The lowest BCUT2D eigenvalue weighted by Gasteiger charge is -2.21. The van der Waals surface area contributed by atoms with Crippen molar-refractivity contribution in [2.45, 2.75) is 453 Å². The second-order valence-corrected chi connectivity index (χ2v) is 35.0. The lowest BCUT2D eigenvalue weighted by Crippen LogP contribution is -2.30. The van der Waals surface area contributed by atoms with E-state index in [1.807, 2.05) is 0 Å². The Morgan fingerprint density at radius 3 is 0.602 bits per heavy atom. The molecule has 17 nitrogen and oxygen atoms in total. The van der Waals surface area contributed by atoms with Gasteiger partial charge in [-0.15, -0.1) is 0 Å². The third-order valence-corrected chi connectivity index (χ3v) is 21.5. The van der Waals surface area contributed by atoms with Crippen molar-refractivity contribution in [2.24, 2.45) is 23.7 Å². The van der Waals surface area contributed by atoms with Crippen molar-refractivity contribution in [1.29, 1.82) is 0 Å². The summed E-state index contributed by atoms with van der Waals surface area (Å²) in [4.78, 5) is 73.1. The van der Waals surface area contributed by atoms with Gasteiger partial charge < -0.3 is 33.8 Å². The zero-order chi connectivity index (χ0) is 76.0. The fourth-order valence-corrected chi connectivity index (χ4v) is 14.5. The fraction of sp³-hybridized carbons (Fsp3) is 0.952. The van der Waals surface area contributed by atoms with Crippen LogP contribution in [0.25, 0.3) is 0 Å². The Morgan fingerprint density at radius 2 is 0.408 bits per heavy atom. The molecule has 0 saturated carbocycles. The predicted molar refractivity (Wildman–Crippen MR) is 423 cm³/mol. The zero-order valence-corrected chi connectivity index (χ0v) is 69.7. The summed E-state index contributed by atoms with van der Waals surface area (Å²) in [5.74, 6) is 0.996. The molecule has 3 N–H and O–H groups in total. The number of aliphatic hydroxyl groups excluding tert-OH is 1. The average molecular weight is 1510 g/mol. The Hall–Kier alpha value is -1.94. The standard InChI is InChI=1S/C84H164O17P2/c1-74(2)60-52-44-36-28-22-18-14-11-9-10-12-16-21-25-33-42-50-58-66-83(88)100-79(70-94-81(86)64-56-48-40-32-24-20-17-13-15-19-23-29-37-45-53-61-75(3)4)72-98-102(90,91)96-68-78(85)69-97-103(92,93)99-73-80(101-84(89)67-59-51-43-35-27-31-39-47-55-63-77(7)8)71-95-82(87)65-57-49-41-34-26-30-38-46-54-62-76(5)6/h74-80,85H,9-73H2,1-8H3,(H,90,91)(H,92,93)/t78-,79-,80-/m1/s1. The van der Waals surface area contributed by atoms with E-state index in [1.54, 1.807) is 0 Å². The highest BCUT2D eigenvalue weighted by atomic mass is 31.2. The highest BCUT2D eigenvalue weighted by Gasteiger charge is 2.30. The Morgan fingerprint density at radius 1 is 0.243 bits per heavy atom. The second-order valence-electron chi connectivity index (χ2n) is 32.1. The number of rotatable bonds is 81. The average Bonchev–Trinajstić information content (AvgIpc) is 0.926. The Labute approximate surface area is 632 Å². The highest BCUT2D eigenvalue weighted by molar-refractivity contribution is 7.47. The van der Waals surface area contributed by atoms with Gasteiger partial charge in [-0.3, -0.25) is 37.3 Å². The van der Waals surface area contributed by atoms with Crippen molar-refractivity contribution in [2.75, 3.05) is 39.6 Å². The Kier molecular flexibility index (Phi) is 71.5. The number of hydrogen-bond acceptors (Lipinski definition) is 15. The number of aliphatic hydroxyl groups is 1. The summed E-state index contributed by atoms with van der Waals surface area (Å²) < 4.78 is 68.8. The van der Waals surface area contributed by atoms with Crippen LogP contribution in [-0.4, -0.2) is 96.7 Å². The van der Waals surface area contributed by atoms with Crippen LogP contribution >= 0.6 is 15.6 Å². The molecule has 612 valence electrons. The number of carbonyl (C=O) groups is 4. The second kappa shape index (κ2) is 72.9. The van der Waals surface area contributed by atoms with E-state index in [0.29, 0.717) is 25.7 Å². The van der Waals surface area contributed by atoms with Crippen LogP contribution in [0.5, 0.6) is 0 Å². The smallest absolute Gasteiger partial charge is 0.462 e. The van der Waals surface area contributed by atoms with Crippen LogP contribution in [-0.2, 0) is 65.4 Å². The molecule has 0 saturated heterocycles. The maximum absolute atomic E-state index is 13.1. The van der Waals surface area contributed by atoms with Gasteiger partial charge in [0.1, 0.15) is 19.3 Å². The van der Waals surface area contributed by atoms with Crippen LogP contribution in [0.1, 0.15) is 434 Å². The molecule has 0 heterocycles. The zero-order valence-electron chi connectivity index (χ0n) is 68.0. The molecule has 0 rings (SSSR count). The van der Waals surface area contributed by atoms with Crippen LogP contribution in [0, 0.1) is 23.7 Å². The Bertz CT molecular complexity index is 2010. The van der Waals surface area contributed by atoms with E-state index in [1.165, 1.54) is 238 Å².